The molecule has 80 valence electrons. The van der Waals surface area contributed by atoms with E-state index in [9.17, 15) is 0 Å². The lowest BCUT2D eigenvalue weighted by molar-refractivity contribution is 0.530. The van der Waals surface area contributed by atoms with Crippen molar-refractivity contribution in [3.05, 3.63) is 36.5 Å². The van der Waals surface area contributed by atoms with Gasteiger partial charge in [-0.2, -0.15) is 5.10 Å². The molecule has 0 spiro atoms. The number of aromatic nitrogens is 4. The van der Waals surface area contributed by atoms with Gasteiger partial charge in [0, 0.05) is 24.4 Å². The van der Waals surface area contributed by atoms with Crippen LogP contribution in [-0.2, 0) is 6.54 Å². The van der Waals surface area contributed by atoms with Gasteiger partial charge in [-0.1, -0.05) is 6.92 Å². The molecule has 0 saturated carbocycles. The summed E-state index contributed by atoms with van der Waals surface area (Å²) in [5.41, 5.74) is 1.84. The summed E-state index contributed by atoms with van der Waals surface area (Å²) in [5, 5.41) is 4.21. The molecule has 0 aromatic carbocycles. The second-order valence-electron chi connectivity index (χ2n) is 3.86. The molecule has 0 aliphatic carbocycles. The van der Waals surface area contributed by atoms with E-state index in [1.165, 1.54) is 0 Å². The number of aliphatic imine (C=N–C) groups is 1. The topological polar surface area (TPSA) is 56.0 Å². The van der Waals surface area contributed by atoms with Gasteiger partial charge in [-0.25, -0.2) is 9.67 Å². The van der Waals surface area contributed by atoms with Crippen LogP contribution >= 0.6 is 0 Å². The van der Waals surface area contributed by atoms with E-state index in [2.05, 4.69) is 27.0 Å². The molecule has 3 rings (SSSR count). The lowest BCUT2D eigenvalue weighted by Gasteiger charge is -2.19. The van der Waals surface area contributed by atoms with Gasteiger partial charge in [-0.3, -0.25) is 9.97 Å². The van der Waals surface area contributed by atoms with Gasteiger partial charge in [-0.05, 0) is 0 Å². The first kappa shape index (κ1) is 9.21. The molecule has 0 amide bonds. The average Bonchev–Trinajstić information content (AvgIpc) is 2.76. The molecule has 2 aromatic rings. The van der Waals surface area contributed by atoms with Crippen LogP contribution in [0.3, 0.4) is 0 Å². The van der Waals surface area contributed by atoms with Crippen LogP contribution in [0.5, 0.6) is 0 Å². The fraction of sp³-hybridized carbons (Fsp3) is 0.273. The van der Waals surface area contributed by atoms with Crippen LogP contribution in [0.4, 0.5) is 5.82 Å². The molecule has 2 aromatic heterocycles. The SMILES string of the molecule is C[C@H]1Cn2nccc2N=C1c1cnccn1. The molecule has 1 aliphatic rings. The maximum Gasteiger partial charge on any atom is 0.150 e. The zero-order valence-electron chi connectivity index (χ0n) is 8.91. The van der Waals surface area contributed by atoms with E-state index in [1.54, 1.807) is 24.8 Å². The largest absolute Gasteiger partial charge is 0.261 e. The van der Waals surface area contributed by atoms with Crippen molar-refractivity contribution >= 4 is 11.5 Å². The van der Waals surface area contributed by atoms with Crippen molar-refractivity contribution in [2.45, 2.75) is 13.5 Å². The van der Waals surface area contributed by atoms with Crippen LogP contribution in [0, 0.1) is 5.92 Å². The molecule has 0 bridgehead atoms. The number of rotatable bonds is 1. The standard InChI is InChI=1S/C11H11N5/c1-8-7-16-10(2-3-14-16)15-11(8)9-6-12-4-5-13-9/h2-6,8H,7H2,1H3/t8-/m0/s1. The Bertz CT molecular complexity index is 528. The summed E-state index contributed by atoms with van der Waals surface area (Å²) in [6.45, 7) is 2.97. The summed E-state index contributed by atoms with van der Waals surface area (Å²) in [6.07, 6.45) is 6.88. The third-order valence-electron chi connectivity index (χ3n) is 2.67. The second-order valence-corrected chi connectivity index (χ2v) is 3.86. The maximum absolute atomic E-state index is 4.57. The van der Waals surface area contributed by atoms with Gasteiger partial charge in [0.15, 0.2) is 5.82 Å². The van der Waals surface area contributed by atoms with Gasteiger partial charge in [0.05, 0.1) is 24.7 Å². The van der Waals surface area contributed by atoms with Crippen LogP contribution in [0.25, 0.3) is 0 Å². The molecule has 0 radical (unpaired) electrons. The van der Waals surface area contributed by atoms with Gasteiger partial charge in [0.2, 0.25) is 0 Å². The summed E-state index contributed by atoms with van der Waals surface area (Å²) in [7, 11) is 0. The summed E-state index contributed by atoms with van der Waals surface area (Å²) in [6, 6.07) is 1.91. The molecule has 0 saturated heterocycles. The zero-order chi connectivity index (χ0) is 11.0. The van der Waals surface area contributed by atoms with Gasteiger partial charge >= 0.3 is 0 Å². The molecule has 0 fully saturated rings. The Balaban J connectivity index is 2.09. The molecule has 0 unspecified atom stereocenters. The molecule has 16 heavy (non-hydrogen) atoms. The number of hydrogen-bond donors (Lipinski definition) is 0. The number of fused-ring (bicyclic) bond motifs is 1. The summed E-state index contributed by atoms with van der Waals surface area (Å²) in [4.78, 5) is 12.9. The van der Waals surface area contributed by atoms with Gasteiger partial charge in [0.25, 0.3) is 0 Å². The van der Waals surface area contributed by atoms with Crippen LogP contribution in [0.15, 0.2) is 35.8 Å². The minimum absolute atomic E-state index is 0.309. The van der Waals surface area contributed by atoms with E-state index in [1.807, 2.05) is 10.7 Å². The smallest absolute Gasteiger partial charge is 0.150 e. The summed E-state index contributed by atoms with van der Waals surface area (Å²) < 4.78 is 1.91. The Hall–Kier alpha value is -2.04. The summed E-state index contributed by atoms with van der Waals surface area (Å²) >= 11 is 0. The normalized spacial score (nSPS) is 19.1. The fourth-order valence-electron chi connectivity index (χ4n) is 1.88. The van der Waals surface area contributed by atoms with Crippen molar-refractivity contribution in [1.29, 1.82) is 0 Å². The van der Waals surface area contributed by atoms with Crippen LogP contribution < -0.4 is 0 Å². The third-order valence-corrected chi connectivity index (χ3v) is 2.67. The monoisotopic (exact) mass is 213 g/mol. The highest BCUT2D eigenvalue weighted by molar-refractivity contribution is 6.02. The molecule has 3 heterocycles. The van der Waals surface area contributed by atoms with E-state index < -0.39 is 0 Å². The third kappa shape index (κ3) is 1.41. The number of nitrogens with zero attached hydrogens (tertiary/aromatic N) is 5. The highest BCUT2D eigenvalue weighted by Gasteiger charge is 2.21. The Kier molecular flexibility index (Phi) is 2.02. The first-order chi connectivity index (χ1) is 7.84. The van der Waals surface area contributed by atoms with E-state index in [4.69, 9.17) is 0 Å². The summed E-state index contributed by atoms with van der Waals surface area (Å²) in [5.74, 6) is 1.20. The van der Waals surface area contributed by atoms with Crippen molar-refractivity contribution in [2.24, 2.45) is 10.9 Å². The maximum atomic E-state index is 4.57. The quantitative estimate of drug-likeness (QED) is 0.720. The minimum atomic E-state index is 0.309. The molecular formula is C11H11N5. The minimum Gasteiger partial charge on any atom is -0.261 e. The lowest BCUT2D eigenvalue weighted by atomic mass is 10.0. The van der Waals surface area contributed by atoms with E-state index >= 15 is 0 Å². The van der Waals surface area contributed by atoms with Crippen molar-refractivity contribution in [3.8, 4) is 0 Å². The molecule has 1 aliphatic heterocycles. The van der Waals surface area contributed by atoms with E-state index in [0.717, 1.165) is 23.8 Å². The Morgan fingerprint density at radius 1 is 1.31 bits per heavy atom. The molecular weight excluding hydrogens is 202 g/mol. The fourth-order valence-corrected chi connectivity index (χ4v) is 1.88. The van der Waals surface area contributed by atoms with Crippen molar-refractivity contribution in [1.82, 2.24) is 19.7 Å². The molecule has 5 nitrogen and oxygen atoms in total. The van der Waals surface area contributed by atoms with Gasteiger partial charge in [0.1, 0.15) is 5.69 Å². The second kappa shape index (κ2) is 3.52. The first-order valence-electron chi connectivity index (χ1n) is 5.21. The Labute approximate surface area is 92.9 Å². The predicted molar refractivity (Wildman–Crippen MR) is 59.6 cm³/mol. The van der Waals surface area contributed by atoms with Crippen LogP contribution in [-0.4, -0.2) is 25.5 Å². The number of hydrogen-bond acceptors (Lipinski definition) is 4. The van der Waals surface area contributed by atoms with Crippen LogP contribution in [0.1, 0.15) is 12.6 Å². The van der Waals surface area contributed by atoms with Crippen LogP contribution in [0.2, 0.25) is 0 Å². The molecule has 5 heteroatoms. The molecule has 0 N–H and O–H groups in total. The van der Waals surface area contributed by atoms with Gasteiger partial charge in [-0.15, -0.1) is 0 Å². The molecule has 1 atom stereocenters. The van der Waals surface area contributed by atoms with E-state index in [-0.39, 0.29) is 0 Å². The van der Waals surface area contributed by atoms with Crippen molar-refractivity contribution < 1.29 is 0 Å². The highest BCUT2D eigenvalue weighted by Crippen LogP contribution is 2.23. The van der Waals surface area contributed by atoms with Gasteiger partial charge < -0.3 is 0 Å². The predicted octanol–water partition coefficient (Wildman–Crippen LogP) is 1.44. The Morgan fingerprint density at radius 2 is 2.25 bits per heavy atom. The zero-order valence-corrected chi connectivity index (χ0v) is 8.91. The first-order valence-corrected chi connectivity index (χ1v) is 5.21. The average molecular weight is 213 g/mol. The Morgan fingerprint density at radius 3 is 3.06 bits per heavy atom. The highest BCUT2D eigenvalue weighted by atomic mass is 15.3. The van der Waals surface area contributed by atoms with E-state index in [0.29, 0.717) is 5.92 Å². The lowest BCUT2D eigenvalue weighted by Crippen LogP contribution is -2.24. The van der Waals surface area contributed by atoms with Crippen molar-refractivity contribution in [3.63, 3.8) is 0 Å². The van der Waals surface area contributed by atoms with Crippen molar-refractivity contribution in [2.75, 3.05) is 0 Å².